The Balaban J connectivity index is 1.67. The summed E-state index contributed by atoms with van der Waals surface area (Å²) in [5.41, 5.74) is 1.01. The van der Waals surface area contributed by atoms with Crippen molar-refractivity contribution in [2.45, 2.75) is 37.6 Å². The van der Waals surface area contributed by atoms with Crippen LogP contribution in [0.25, 0.3) is 0 Å². The average molecular weight is 465 g/mol. The van der Waals surface area contributed by atoms with Crippen LogP contribution >= 0.6 is 11.6 Å². The normalized spacial score (nSPS) is 16.6. The molecular weight excluding hydrogens is 436 g/mol. The van der Waals surface area contributed by atoms with Gasteiger partial charge in [-0.25, -0.2) is 8.42 Å². The van der Waals surface area contributed by atoms with Crippen molar-refractivity contribution in [1.29, 1.82) is 0 Å². The van der Waals surface area contributed by atoms with Crippen LogP contribution in [-0.4, -0.2) is 50.3 Å². The van der Waals surface area contributed by atoms with Gasteiger partial charge < -0.3 is 9.64 Å². The van der Waals surface area contributed by atoms with Gasteiger partial charge in [-0.1, -0.05) is 23.7 Å². The molecule has 1 heterocycles. The molecule has 0 aromatic heterocycles. The molecule has 0 radical (unpaired) electrons. The molecule has 0 N–H and O–H groups in total. The van der Waals surface area contributed by atoms with E-state index in [1.165, 1.54) is 16.4 Å². The van der Waals surface area contributed by atoms with E-state index in [0.29, 0.717) is 37.5 Å². The second-order valence-electron chi connectivity index (χ2n) is 7.71. The molecule has 1 unspecified atom stereocenters. The van der Waals surface area contributed by atoms with E-state index in [9.17, 15) is 13.2 Å². The number of benzene rings is 2. The summed E-state index contributed by atoms with van der Waals surface area (Å²) in [6, 6.07) is 13.8. The third-order valence-corrected chi connectivity index (χ3v) is 8.09. The number of carbonyl (C=O) groups excluding carboxylic acids is 1. The maximum Gasteiger partial charge on any atom is 0.243 e. The van der Waals surface area contributed by atoms with Crippen LogP contribution in [0.5, 0.6) is 5.75 Å². The van der Waals surface area contributed by atoms with E-state index in [4.69, 9.17) is 16.3 Å². The van der Waals surface area contributed by atoms with Gasteiger partial charge in [-0.2, -0.15) is 4.31 Å². The van der Waals surface area contributed by atoms with E-state index in [0.717, 1.165) is 11.3 Å². The molecule has 1 atom stereocenters. The zero-order valence-electron chi connectivity index (χ0n) is 18.1. The van der Waals surface area contributed by atoms with Crippen molar-refractivity contribution < 1.29 is 17.9 Å². The maximum absolute atomic E-state index is 13.3. The molecule has 8 heteroatoms. The summed E-state index contributed by atoms with van der Waals surface area (Å²) < 4.78 is 32.6. The zero-order chi connectivity index (χ0) is 22.6. The summed E-state index contributed by atoms with van der Waals surface area (Å²) in [5, 5.41) is 0.494. The quantitative estimate of drug-likeness (QED) is 0.610. The molecule has 1 saturated heterocycles. The first-order chi connectivity index (χ1) is 14.8. The van der Waals surface area contributed by atoms with Crippen LogP contribution in [0.4, 0.5) is 0 Å². The molecule has 31 heavy (non-hydrogen) atoms. The Hall–Kier alpha value is -2.09. The highest BCUT2D eigenvalue weighted by Crippen LogP contribution is 2.30. The van der Waals surface area contributed by atoms with Crippen LogP contribution in [0.15, 0.2) is 53.4 Å². The molecule has 6 nitrogen and oxygen atoms in total. The molecule has 0 spiro atoms. The Kier molecular flexibility index (Phi) is 7.62. The van der Waals surface area contributed by atoms with E-state index in [2.05, 4.69) is 0 Å². The van der Waals surface area contributed by atoms with E-state index in [1.54, 1.807) is 19.2 Å². The van der Waals surface area contributed by atoms with Crippen molar-refractivity contribution in [2.75, 3.05) is 26.7 Å². The van der Waals surface area contributed by atoms with Crippen LogP contribution in [0, 0.1) is 5.92 Å². The molecule has 1 fully saturated rings. The predicted octanol–water partition coefficient (Wildman–Crippen LogP) is 4.36. The van der Waals surface area contributed by atoms with Crippen molar-refractivity contribution in [2.24, 2.45) is 5.92 Å². The monoisotopic (exact) mass is 464 g/mol. The van der Waals surface area contributed by atoms with Gasteiger partial charge in [-0.05, 0) is 68.7 Å². The van der Waals surface area contributed by atoms with Gasteiger partial charge in [0.1, 0.15) is 5.75 Å². The lowest BCUT2D eigenvalue weighted by Gasteiger charge is -2.36. The van der Waals surface area contributed by atoms with Gasteiger partial charge in [0.25, 0.3) is 0 Å². The van der Waals surface area contributed by atoms with E-state index in [1.807, 2.05) is 43.0 Å². The van der Waals surface area contributed by atoms with Crippen LogP contribution in [0.1, 0.15) is 38.3 Å². The topological polar surface area (TPSA) is 66.9 Å². The molecule has 1 aliphatic heterocycles. The van der Waals surface area contributed by atoms with Gasteiger partial charge in [0, 0.05) is 30.6 Å². The minimum atomic E-state index is -3.58. The number of hydrogen-bond donors (Lipinski definition) is 0. The zero-order valence-corrected chi connectivity index (χ0v) is 19.7. The lowest BCUT2D eigenvalue weighted by Crippen LogP contribution is -2.45. The summed E-state index contributed by atoms with van der Waals surface area (Å²) in [5.74, 6) is 0.639. The molecular formula is C23H29ClN2O4S. The SMILES string of the molecule is CCN(C(=O)C1CCN(S(=O)(=O)c2ccc(Cl)cc2)CC1)C(C)c1cccc(OC)c1. The molecule has 0 bridgehead atoms. The van der Waals surface area contributed by atoms with Gasteiger partial charge in [0.05, 0.1) is 18.0 Å². The fourth-order valence-electron chi connectivity index (χ4n) is 4.04. The number of amides is 1. The number of nitrogens with zero attached hydrogens (tertiary/aromatic N) is 2. The first-order valence-corrected chi connectivity index (χ1v) is 12.3. The van der Waals surface area contributed by atoms with Crippen molar-refractivity contribution in [1.82, 2.24) is 9.21 Å². The highest BCUT2D eigenvalue weighted by Gasteiger charge is 2.34. The van der Waals surface area contributed by atoms with Crippen LogP contribution in [-0.2, 0) is 14.8 Å². The Labute approximate surface area is 189 Å². The summed E-state index contributed by atoms with van der Waals surface area (Å²) in [7, 11) is -1.96. The largest absolute Gasteiger partial charge is 0.497 e. The van der Waals surface area contributed by atoms with E-state index < -0.39 is 10.0 Å². The molecule has 1 amide bonds. The standard InChI is InChI=1S/C23H29ClN2O4S/c1-4-26(17(2)19-6-5-7-21(16-19)30-3)23(27)18-12-14-25(15-13-18)31(28,29)22-10-8-20(24)9-11-22/h5-11,16-18H,4,12-15H2,1-3H3. The number of rotatable bonds is 7. The minimum absolute atomic E-state index is 0.0707. The summed E-state index contributed by atoms with van der Waals surface area (Å²) in [6.07, 6.45) is 1.01. The van der Waals surface area contributed by atoms with Gasteiger partial charge in [-0.3, -0.25) is 4.79 Å². The minimum Gasteiger partial charge on any atom is -0.497 e. The Morgan fingerprint density at radius 2 is 1.84 bits per heavy atom. The van der Waals surface area contributed by atoms with Gasteiger partial charge in [0.15, 0.2) is 0 Å². The molecule has 0 aliphatic carbocycles. The lowest BCUT2D eigenvalue weighted by molar-refractivity contribution is -0.138. The predicted molar refractivity (Wildman–Crippen MR) is 122 cm³/mol. The van der Waals surface area contributed by atoms with E-state index >= 15 is 0 Å². The Bertz CT molecular complexity index is 1000. The Morgan fingerprint density at radius 1 is 1.19 bits per heavy atom. The lowest BCUT2D eigenvalue weighted by atomic mass is 9.95. The average Bonchev–Trinajstić information content (AvgIpc) is 2.79. The highest BCUT2D eigenvalue weighted by molar-refractivity contribution is 7.89. The third-order valence-electron chi connectivity index (χ3n) is 5.92. The summed E-state index contributed by atoms with van der Waals surface area (Å²) in [6.45, 7) is 5.21. The van der Waals surface area contributed by atoms with Crippen molar-refractivity contribution >= 4 is 27.5 Å². The Morgan fingerprint density at radius 3 is 2.42 bits per heavy atom. The maximum atomic E-state index is 13.3. The number of ether oxygens (including phenoxy) is 1. The van der Waals surface area contributed by atoms with Crippen LogP contribution < -0.4 is 4.74 Å². The second kappa shape index (κ2) is 10.0. The van der Waals surface area contributed by atoms with E-state index in [-0.39, 0.29) is 22.8 Å². The fourth-order valence-corrected chi connectivity index (χ4v) is 5.63. The van der Waals surface area contributed by atoms with Crippen molar-refractivity contribution in [3.8, 4) is 5.75 Å². The molecule has 2 aromatic carbocycles. The number of halogens is 1. The first kappa shape index (κ1) is 23.6. The first-order valence-electron chi connectivity index (χ1n) is 10.5. The van der Waals surface area contributed by atoms with Crippen molar-refractivity contribution in [3.05, 3.63) is 59.1 Å². The highest BCUT2D eigenvalue weighted by atomic mass is 35.5. The number of methoxy groups -OCH3 is 1. The third kappa shape index (κ3) is 5.22. The fraction of sp³-hybridized carbons (Fsp3) is 0.435. The summed E-state index contributed by atoms with van der Waals surface area (Å²) >= 11 is 5.87. The molecule has 3 rings (SSSR count). The van der Waals surface area contributed by atoms with Crippen molar-refractivity contribution in [3.63, 3.8) is 0 Å². The number of piperidine rings is 1. The van der Waals surface area contributed by atoms with Gasteiger partial charge in [-0.15, -0.1) is 0 Å². The van der Waals surface area contributed by atoms with Gasteiger partial charge >= 0.3 is 0 Å². The molecule has 0 saturated carbocycles. The number of sulfonamides is 1. The second-order valence-corrected chi connectivity index (χ2v) is 10.1. The van der Waals surface area contributed by atoms with Crippen LogP contribution in [0.2, 0.25) is 5.02 Å². The van der Waals surface area contributed by atoms with Crippen LogP contribution in [0.3, 0.4) is 0 Å². The molecule has 168 valence electrons. The summed E-state index contributed by atoms with van der Waals surface area (Å²) in [4.78, 5) is 15.4. The van der Waals surface area contributed by atoms with Gasteiger partial charge in [0.2, 0.25) is 15.9 Å². The number of carbonyl (C=O) groups is 1. The molecule has 2 aromatic rings. The molecule has 1 aliphatic rings. The smallest absolute Gasteiger partial charge is 0.243 e. The number of hydrogen-bond acceptors (Lipinski definition) is 4.